The average molecular weight is 301 g/mol. The first-order chi connectivity index (χ1) is 9.04. The molecular weight excluding hydrogens is 280 g/mol. The van der Waals surface area contributed by atoms with Gasteiger partial charge >= 0.3 is 0 Å². The summed E-state index contributed by atoms with van der Waals surface area (Å²) in [5.41, 5.74) is 0.602. The van der Waals surface area contributed by atoms with E-state index >= 15 is 0 Å². The molecule has 1 aromatic carbocycles. The average Bonchev–Trinajstić information content (AvgIpc) is 2.36. The van der Waals surface area contributed by atoms with Gasteiger partial charge in [-0.1, -0.05) is 32.4 Å². The Bertz CT molecular complexity index is 419. The van der Waals surface area contributed by atoms with Crippen LogP contribution in [0.5, 0.6) is 5.75 Å². The summed E-state index contributed by atoms with van der Waals surface area (Å²) in [6, 6.07) is 5.24. The summed E-state index contributed by atoms with van der Waals surface area (Å²) in [6.45, 7) is 6.91. The zero-order valence-electron chi connectivity index (χ0n) is 11.7. The molecule has 0 spiro atoms. The molecule has 0 bridgehead atoms. The van der Waals surface area contributed by atoms with E-state index in [4.69, 9.17) is 16.3 Å². The number of hydrogen-bond acceptors (Lipinski definition) is 3. The number of thioether (sulfide) groups is 1. The van der Waals surface area contributed by atoms with E-state index in [0.717, 1.165) is 12.2 Å². The maximum atomic E-state index is 12.2. The van der Waals surface area contributed by atoms with E-state index in [1.54, 1.807) is 30.0 Å². The molecule has 0 aromatic heterocycles. The van der Waals surface area contributed by atoms with Crippen molar-refractivity contribution < 1.29 is 9.53 Å². The molecule has 0 amide bonds. The lowest BCUT2D eigenvalue weighted by molar-refractivity contribution is 0.0985. The van der Waals surface area contributed by atoms with Gasteiger partial charge < -0.3 is 4.74 Å². The number of halogens is 1. The molecule has 4 heteroatoms. The van der Waals surface area contributed by atoms with Crippen molar-refractivity contribution in [1.82, 2.24) is 0 Å². The summed E-state index contributed by atoms with van der Waals surface area (Å²) in [7, 11) is 0. The van der Waals surface area contributed by atoms with Gasteiger partial charge in [0.25, 0.3) is 0 Å². The molecule has 0 N–H and O–H groups in total. The van der Waals surface area contributed by atoms with Gasteiger partial charge in [-0.15, -0.1) is 0 Å². The highest BCUT2D eigenvalue weighted by Crippen LogP contribution is 2.25. The van der Waals surface area contributed by atoms with Crippen molar-refractivity contribution in [2.45, 2.75) is 38.9 Å². The van der Waals surface area contributed by atoms with Gasteiger partial charge in [-0.3, -0.25) is 4.79 Å². The largest absolute Gasteiger partial charge is 0.493 e. The van der Waals surface area contributed by atoms with Crippen molar-refractivity contribution >= 4 is 29.1 Å². The summed E-state index contributed by atoms with van der Waals surface area (Å²) >= 11 is 7.75. The fraction of sp³-hybridized carbons (Fsp3) is 0.533. The van der Waals surface area contributed by atoms with Crippen LogP contribution in [0, 0.1) is 0 Å². The fourth-order valence-electron chi connectivity index (χ4n) is 1.58. The first-order valence-corrected chi connectivity index (χ1v) is 8.04. The molecule has 0 aliphatic heterocycles. The maximum Gasteiger partial charge on any atom is 0.167 e. The minimum absolute atomic E-state index is 0.0988. The Kier molecular flexibility index (Phi) is 7.32. The molecular formula is C15H21ClO2S. The third-order valence-corrected chi connectivity index (χ3v) is 3.83. The molecule has 19 heavy (non-hydrogen) atoms. The van der Waals surface area contributed by atoms with E-state index < -0.39 is 0 Å². The summed E-state index contributed by atoms with van der Waals surface area (Å²) < 4.78 is 5.60. The fourth-order valence-corrected chi connectivity index (χ4v) is 2.53. The van der Waals surface area contributed by atoms with Gasteiger partial charge in [0.05, 0.1) is 12.2 Å². The number of carbonyl (C=O) groups is 1. The van der Waals surface area contributed by atoms with Gasteiger partial charge in [0.2, 0.25) is 0 Å². The van der Waals surface area contributed by atoms with Gasteiger partial charge in [0.1, 0.15) is 5.75 Å². The number of Topliss-reactive ketones (excluding diaryl/α,β-unsaturated/α-hetero) is 1. The molecule has 0 fully saturated rings. The topological polar surface area (TPSA) is 26.3 Å². The third kappa shape index (κ3) is 5.87. The summed E-state index contributed by atoms with van der Waals surface area (Å²) in [5, 5.41) is 1.12. The molecule has 0 aliphatic rings. The second-order valence-corrected chi connectivity index (χ2v) is 6.70. The van der Waals surface area contributed by atoms with Crippen LogP contribution >= 0.6 is 23.4 Å². The van der Waals surface area contributed by atoms with E-state index in [9.17, 15) is 4.79 Å². The predicted octanol–water partition coefficient (Wildman–Crippen LogP) is 4.84. The minimum atomic E-state index is 0.0988. The van der Waals surface area contributed by atoms with E-state index in [-0.39, 0.29) is 5.78 Å². The van der Waals surface area contributed by atoms with Crippen LogP contribution in [0.4, 0.5) is 0 Å². The lowest BCUT2D eigenvalue weighted by Gasteiger charge is -2.11. The van der Waals surface area contributed by atoms with Gasteiger partial charge in [-0.25, -0.2) is 0 Å². The van der Waals surface area contributed by atoms with Gasteiger partial charge in [-0.2, -0.15) is 11.8 Å². The van der Waals surface area contributed by atoms with Crippen LogP contribution in [0.25, 0.3) is 0 Å². The number of carbonyl (C=O) groups excluding carboxylic acids is 1. The molecule has 1 rings (SSSR count). The first-order valence-electron chi connectivity index (χ1n) is 6.61. The Morgan fingerprint density at radius 1 is 1.42 bits per heavy atom. The Morgan fingerprint density at radius 3 is 2.79 bits per heavy atom. The normalized spacial score (nSPS) is 10.8. The summed E-state index contributed by atoms with van der Waals surface area (Å²) in [5.74, 6) is 1.57. The Morgan fingerprint density at radius 2 is 2.16 bits per heavy atom. The SMILES string of the molecule is CCCOc1ccc(Cl)cc1C(=O)CCSC(C)C. The van der Waals surface area contributed by atoms with E-state index in [1.165, 1.54) is 0 Å². The van der Waals surface area contributed by atoms with Crippen molar-refractivity contribution in [1.29, 1.82) is 0 Å². The number of hydrogen-bond donors (Lipinski definition) is 0. The van der Waals surface area contributed by atoms with Crippen LogP contribution in [0.3, 0.4) is 0 Å². The zero-order chi connectivity index (χ0) is 14.3. The Hall–Kier alpha value is -0.670. The summed E-state index contributed by atoms with van der Waals surface area (Å²) in [4.78, 5) is 12.2. The van der Waals surface area contributed by atoms with Crippen molar-refractivity contribution in [3.05, 3.63) is 28.8 Å². The Balaban J connectivity index is 2.72. The number of benzene rings is 1. The molecule has 0 heterocycles. The Labute approximate surface area is 124 Å². The van der Waals surface area contributed by atoms with Crippen molar-refractivity contribution in [3.63, 3.8) is 0 Å². The van der Waals surface area contributed by atoms with Crippen LogP contribution in [-0.2, 0) is 0 Å². The van der Waals surface area contributed by atoms with E-state index in [2.05, 4.69) is 13.8 Å². The van der Waals surface area contributed by atoms with Crippen LogP contribution in [-0.4, -0.2) is 23.4 Å². The highest BCUT2D eigenvalue weighted by atomic mass is 35.5. The highest BCUT2D eigenvalue weighted by Gasteiger charge is 2.13. The van der Waals surface area contributed by atoms with Crippen LogP contribution in [0.2, 0.25) is 5.02 Å². The molecule has 0 unspecified atom stereocenters. The molecule has 2 nitrogen and oxygen atoms in total. The predicted molar refractivity (Wildman–Crippen MR) is 83.8 cm³/mol. The van der Waals surface area contributed by atoms with Gasteiger partial charge in [0.15, 0.2) is 5.78 Å². The molecule has 0 atom stereocenters. The summed E-state index contributed by atoms with van der Waals surface area (Å²) in [6.07, 6.45) is 1.44. The molecule has 1 aromatic rings. The van der Waals surface area contributed by atoms with Gasteiger partial charge in [-0.05, 0) is 29.9 Å². The highest BCUT2D eigenvalue weighted by molar-refractivity contribution is 7.99. The quantitative estimate of drug-likeness (QED) is 0.642. The molecule has 106 valence electrons. The van der Waals surface area contributed by atoms with Crippen molar-refractivity contribution in [3.8, 4) is 5.75 Å². The van der Waals surface area contributed by atoms with Crippen LogP contribution in [0.1, 0.15) is 44.0 Å². The van der Waals surface area contributed by atoms with Gasteiger partial charge in [0, 0.05) is 17.2 Å². The molecule has 0 saturated carbocycles. The number of ether oxygens (including phenoxy) is 1. The van der Waals surface area contributed by atoms with Crippen LogP contribution < -0.4 is 4.74 Å². The van der Waals surface area contributed by atoms with E-state index in [1.807, 2.05) is 6.92 Å². The zero-order valence-corrected chi connectivity index (χ0v) is 13.3. The minimum Gasteiger partial charge on any atom is -0.493 e. The smallest absolute Gasteiger partial charge is 0.167 e. The maximum absolute atomic E-state index is 12.2. The monoisotopic (exact) mass is 300 g/mol. The molecule has 0 radical (unpaired) electrons. The second-order valence-electron chi connectivity index (χ2n) is 4.58. The third-order valence-electron chi connectivity index (χ3n) is 2.48. The molecule has 0 aliphatic carbocycles. The second kappa shape index (κ2) is 8.49. The van der Waals surface area contributed by atoms with Crippen LogP contribution in [0.15, 0.2) is 18.2 Å². The van der Waals surface area contributed by atoms with Crippen molar-refractivity contribution in [2.75, 3.05) is 12.4 Å². The van der Waals surface area contributed by atoms with Crippen molar-refractivity contribution in [2.24, 2.45) is 0 Å². The number of ketones is 1. The number of rotatable bonds is 8. The lowest BCUT2D eigenvalue weighted by atomic mass is 10.1. The lowest BCUT2D eigenvalue weighted by Crippen LogP contribution is -2.06. The van der Waals surface area contributed by atoms with E-state index in [0.29, 0.717) is 34.6 Å². The first kappa shape index (κ1) is 16.4. The molecule has 0 saturated heterocycles. The standard InChI is InChI=1S/C15H21ClO2S/c1-4-8-18-15-6-5-12(16)10-13(15)14(17)7-9-19-11(2)3/h5-6,10-11H,4,7-9H2,1-3H3.